The van der Waals surface area contributed by atoms with Crippen molar-refractivity contribution in [2.24, 2.45) is 11.8 Å². The molecule has 2 aliphatic carbocycles. The van der Waals surface area contributed by atoms with E-state index in [4.69, 9.17) is 9.40 Å². The van der Waals surface area contributed by atoms with Crippen LogP contribution in [0.1, 0.15) is 51.4 Å². The fourth-order valence-electron chi connectivity index (χ4n) is 3.29. The molecule has 4 atom stereocenters. The molecule has 0 aromatic rings. The Bertz CT molecular complexity index is 262. The zero-order chi connectivity index (χ0) is 13.7. The summed E-state index contributed by atoms with van der Waals surface area (Å²) < 4.78 is 21.4. The van der Waals surface area contributed by atoms with Crippen LogP contribution in [0, 0.1) is 11.8 Å². The first-order valence-electron chi connectivity index (χ1n) is 7.88. The van der Waals surface area contributed by atoms with Crippen molar-refractivity contribution in [1.82, 2.24) is 0 Å². The fourth-order valence-corrected chi connectivity index (χ4v) is 3.29. The van der Waals surface area contributed by atoms with E-state index in [2.05, 4.69) is 10.2 Å². The zero-order valence-corrected chi connectivity index (χ0v) is 9.77. The van der Waals surface area contributed by atoms with Gasteiger partial charge >= 0.3 is 0 Å². The number of hydrogen-bond donors (Lipinski definition) is 3. The number of hydrogen-bond acceptors (Lipinski definition) is 3. The maximum absolute atomic E-state index is 7.26. The van der Waals surface area contributed by atoms with Gasteiger partial charge in [0.25, 0.3) is 0 Å². The van der Waals surface area contributed by atoms with Gasteiger partial charge < -0.3 is 15.3 Å². The third-order valence-corrected chi connectivity index (χ3v) is 4.34. The van der Waals surface area contributed by atoms with Crippen LogP contribution in [0.15, 0.2) is 0 Å². The van der Waals surface area contributed by atoms with Gasteiger partial charge in [0.1, 0.15) is 6.10 Å². The minimum Gasteiger partial charge on any atom is -0.390 e. The van der Waals surface area contributed by atoms with Crippen LogP contribution in [0.2, 0.25) is 0 Å². The fraction of sp³-hybridized carbons (Fsp3) is 1.00. The Labute approximate surface area is 102 Å². The van der Waals surface area contributed by atoms with Crippen molar-refractivity contribution < 1.29 is 15.3 Å². The number of rotatable bonds is 5. The van der Waals surface area contributed by atoms with E-state index in [1.165, 1.54) is 32.1 Å². The van der Waals surface area contributed by atoms with E-state index in [1.807, 2.05) is 0 Å². The Kier molecular flexibility index (Phi) is 3.04. The summed E-state index contributed by atoms with van der Waals surface area (Å²) >= 11 is 0. The van der Waals surface area contributed by atoms with Gasteiger partial charge in [0, 0.05) is 0 Å². The minimum absolute atomic E-state index is 0.252. The lowest BCUT2D eigenvalue weighted by molar-refractivity contribution is -0.114. The Hall–Kier alpha value is -0.120. The molecule has 94 valence electrons. The first-order valence-corrected chi connectivity index (χ1v) is 6.66. The van der Waals surface area contributed by atoms with Gasteiger partial charge in [0.2, 0.25) is 4.29 Å². The molecule has 0 heterocycles. The van der Waals surface area contributed by atoms with E-state index in [0.717, 1.165) is 18.8 Å². The summed E-state index contributed by atoms with van der Waals surface area (Å²) in [7, 11) is 0. The van der Waals surface area contributed by atoms with Gasteiger partial charge in [0.05, 0.1) is 12.2 Å². The number of aliphatic hydroxyl groups excluding tert-OH is 3. The highest BCUT2D eigenvalue weighted by atomic mass is 16.4. The van der Waals surface area contributed by atoms with E-state index in [0.29, 0.717) is 6.42 Å². The number of aliphatic hydroxyl groups is 3. The van der Waals surface area contributed by atoms with Gasteiger partial charge in [0.15, 0.2) is 0 Å². The SMILES string of the molecule is [2H]OC1CCC(CC2CCCCC2)C(O[2H])C1O[2H]. The zero-order valence-electron chi connectivity index (χ0n) is 12.8. The monoisotopic (exact) mass is 231 g/mol. The predicted octanol–water partition coefficient (Wildman–Crippen LogP) is 1.45. The molecule has 16 heavy (non-hydrogen) atoms. The molecule has 4 unspecified atom stereocenters. The molecule has 3 N–H and O–H groups in total. The molecule has 2 rings (SSSR count). The van der Waals surface area contributed by atoms with Gasteiger partial charge in [-0.3, -0.25) is 0 Å². The standard InChI is InChI=1S/C13H24O3/c14-11-7-6-10(12(15)13(11)16)8-9-4-2-1-3-5-9/h9-16H,1-8H2/i14D,15D,16D. The predicted molar refractivity (Wildman–Crippen MR) is 61.9 cm³/mol. The second-order valence-corrected chi connectivity index (χ2v) is 5.54. The highest BCUT2D eigenvalue weighted by Crippen LogP contribution is 2.35. The van der Waals surface area contributed by atoms with E-state index in [9.17, 15) is 0 Å². The summed E-state index contributed by atoms with van der Waals surface area (Å²) in [5.74, 6) is 0.971. The van der Waals surface area contributed by atoms with E-state index in [-0.39, 0.29) is 5.92 Å². The molecular weight excluding hydrogens is 204 g/mol. The molecule has 0 radical (unpaired) electrons. The quantitative estimate of drug-likeness (QED) is 0.671. The van der Waals surface area contributed by atoms with Gasteiger partial charge in [-0.25, -0.2) is 0 Å². The molecule has 3 heteroatoms. The lowest BCUT2D eigenvalue weighted by Gasteiger charge is -2.37. The van der Waals surface area contributed by atoms with Crippen molar-refractivity contribution in [3.05, 3.63) is 0 Å². The molecule has 0 aliphatic heterocycles. The third-order valence-electron chi connectivity index (χ3n) is 4.34. The molecule has 3 nitrogen and oxygen atoms in total. The van der Waals surface area contributed by atoms with Crippen LogP contribution < -0.4 is 0 Å². The molecule has 2 saturated carbocycles. The third kappa shape index (κ3) is 2.76. The average Bonchev–Trinajstić information content (AvgIpc) is 2.47. The first-order chi connectivity index (χ1) is 9.30. The smallest absolute Gasteiger partial charge is 0.211 e. The molecular formula is C13H24O3. The summed E-state index contributed by atoms with van der Waals surface area (Å²) in [5, 5.41) is 14.1. The Morgan fingerprint density at radius 2 is 1.69 bits per heavy atom. The highest BCUT2D eigenvalue weighted by molar-refractivity contribution is 4.88. The molecule has 0 aromatic carbocycles. The minimum atomic E-state index is -0.614. The molecule has 2 aliphatic rings. The van der Waals surface area contributed by atoms with Crippen molar-refractivity contribution in [2.45, 2.75) is 69.7 Å². The Morgan fingerprint density at radius 1 is 0.875 bits per heavy atom. The van der Waals surface area contributed by atoms with Gasteiger partial charge in [-0.05, 0) is 31.1 Å². The highest BCUT2D eigenvalue weighted by Gasteiger charge is 2.37. The molecule has 0 spiro atoms. The van der Waals surface area contributed by atoms with E-state index < -0.39 is 18.3 Å². The summed E-state index contributed by atoms with van der Waals surface area (Å²) in [5.41, 5.74) is 0. The molecule has 2 fully saturated rings. The normalized spacial score (nSPS) is 44.6. The van der Waals surface area contributed by atoms with Crippen molar-refractivity contribution in [3.8, 4) is 0 Å². The van der Waals surface area contributed by atoms with Crippen molar-refractivity contribution in [1.29, 1.82) is 4.29 Å². The van der Waals surface area contributed by atoms with Crippen LogP contribution in [0.25, 0.3) is 0 Å². The summed E-state index contributed by atoms with van der Waals surface area (Å²) in [4.78, 5) is 0. The van der Waals surface area contributed by atoms with Gasteiger partial charge in [-0.15, -0.1) is 0 Å². The van der Waals surface area contributed by atoms with E-state index >= 15 is 0 Å². The summed E-state index contributed by atoms with van der Waals surface area (Å²) in [6.07, 6.45) is 7.64. The van der Waals surface area contributed by atoms with Crippen LogP contribution in [0.3, 0.4) is 0 Å². The summed E-state index contributed by atoms with van der Waals surface area (Å²) in [6.45, 7) is 0. The molecule has 0 bridgehead atoms. The maximum Gasteiger partial charge on any atom is 0.211 e. The first kappa shape index (κ1) is 8.90. The van der Waals surface area contributed by atoms with Crippen LogP contribution in [0.4, 0.5) is 0 Å². The van der Waals surface area contributed by atoms with Crippen LogP contribution in [0.5, 0.6) is 0 Å². The lowest BCUT2D eigenvalue weighted by atomic mass is 9.75. The second-order valence-electron chi connectivity index (χ2n) is 5.54. The molecule has 0 aromatic heterocycles. The maximum atomic E-state index is 7.26. The van der Waals surface area contributed by atoms with Crippen molar-refractivity contribution in [3.63, 3.8) is 0 Å². The van der Waals surface area contributed by atoms with Crippen LogP contribution in [-0.4, -0.2) is 37.9 Å². The second kappa shape index (κ2) is 5.48. The lowest BCUT2D eigenvalue weighted by Crippen LogP contribution is -2.46. The Morgan fingerprint density at radius 3 is 2.38 bits per heavy atom. The van der Waals surface area contributed by atoms with Gasteiger partial charge in [-0.1, -0.05) is 32.1 Å². The largest absolute Gasteiger partial charge is 0.390 e. The van der Waals surface area contributed by atoms with Crippen LogP contribution >= 0.6 is 0 Å². The Balaban J connectivity index is 1.95. The summed E-state index contributed by atoms with van der Waals surface area (Å²) in [6, 6.07) is 0. The van der Waals surface area contributed by atoms with Crippen LogP contribution in [-0.2, 0) is 0 Å². The van der Waals surface area contributed by atoms with Gasteiger partial charge in [-0.2, -0.15) is 0 Å². The topological polar surface area (TPSA) is 60.7 Å². The van der Waals surface area contributed by atoms with E-state index in [1.54, 1.807) is 0 Å². The van der Waals surface area contributed by atoms with Crippen molar-refractivity contribution in [2.75, 3.05) is 0 Å². The molecule has 0 amide bonds. The molecule has 0 saturated heterocycles. The van der Waals surface area contributed by atoms with Crippen molar-refractivity contribution >= 4 is 0 Å². The average molecular weight is 231 g/mol.